The van der Waals surface area contributed by atoms with Crippen LogP contribution in [-0.2, 0) is 16.1 Å². The van der Waals surface area contributed by atoms with E-state index in [1.165, 1.54) is 4.90 Å². The van der Waals surface area contributed by atoms with Gasteiger partial charge in [0.15, 0.2) is 0 Å². The van der Waals surface area contributed by atoms with Crippen LogP contribution in [0.4, 0.5) is 14.5 Å². The Hall–Kier alpha value is -2.39. The fourth-order valence-corrected chi connectivity index (χ4v) is 3.71. The van der Waals surface area contributed by atoms with Gasteiger partial charge in [-0.3, -0.25) is 9.59 Å². The van der Waals surface area contributed by atoms with Gasteiger partial charge in [-0.25, -0.2) is 13.8 Å². The van der Waals surface area contributed by atoms with Gasteiger partial charge in [-0.15, -0.1) is 11.3 Å². The Labute approximate surface area is 165 Å². The zero-order valence-electron chi connectivity index (χ0n) is 13.8. The van der Waals surface area contributed by atoms with Crippen LogP contribution < -0.4 is 4.90 Å². The molecule has 1 aromatic heterocycles. The van der Waals surface area contributed by atoms with Gasteiger partial charge >= 0.3 is 5.97 Å². The number of aliphatic carboxylic acids is 1. The summed E-state index contributed by atoms with van der Waals surface area (Å²) < 4.78 is 28.3. The van der Waals surface area contributed by atoms with Crippen molar-refractivity contribution in [1.29, 1.82) is 0 Å². The van der Waals surface area contributed by atoms with Crippen molar-refractivity contribution in [3.63, 3.8) is 0 Å². The molecular weight excluding hydrogens is 442 g/mol. The summed E-state index contributed by atoms with van der Waals surface area (Å²) in [5, 5.41) is 9.25. The van der Waals surface area contributed by atoms with Crippen LogP contribution in [0.5, 0.6) is 0 Å². The number of carboxylic acids is 1. The summed E-state index contributed by atoms with van der Waals surface area (Å²) in [4.78, 5) is 29.0. The summed E-state index contributed by atoms with van der Waals surface area (Å²) in [6.45, 7) is 0.0283. The van der Waals surface area contributed by atoms with Crippen LogP contribution in [0.2, 0.25) is 0 Å². The normalized spacial score (nSPS) is 10.9. The number of amides is 1. The molecule has 0 saturated heterocycles. The smallest absolute Gasteiger partial charge is 0.303 e. The van der Waals surface area contributed by atoms with Crippen LogP contribution in [0.25, 0.3) is 10.2 Å². The lowest BCUT2D eigenvalue weighted by molar-refractivity contribution is -0.138. The lowest BCUT2D eigenvalue weighted by atomic mass is 10.2. The summed E-state index contributed by atoms with van der Waals surface area (Å²) >= 11 is 4.35. The number of nitrogens with zero attached hydrogens (tertiary/aromatic N) is 2. The number of aromatic nitrogens is 1. The first-order valence-electron chi connectivity index (χ1n) is 7.85. The topological polar surface area (TPSA) is 70.5 Å². The molecule has 0 unspecified atom stereocenters. The molecule has 1 amide bonds. The maximum atomic E-state index is 13.9. The van der Waals surface area contributed by atoms with Gasteiger partial charge in [0.1, 0.15) is 16.6 Å². The molecule has 0 aliphatic rings. The quantitative estimate of drug-likeness (QED) is 0.583. The average Bonchev–Trinajstić information content (AvgIpc) is 3.01. The summed E-state index contributed by atoms with van der Waals surface area (Å²) in [6.07, 6.45) is -0.481. The molecule has 0 spiro atoms. The Morgan fingerprint density at radius 3 is 2.52 bits per heavy atom. The molecule has 1 heterocycles. The Morgan fingerprint density at radius 1 is 1.15 bits per heavy atom. The fraction of sp³-hybridized carbons (Fsp3) is 0.167. The van der Waals surface area contributed by atoms with Gasteiger partial charge in [-0.2, -0.15) is 0 Å². The molecule has 0 atom stereocenters. The second kappa shape index (κ2) is 8.10. The van der Waals surface area contributed by atoms with E-state index >= 15 is 0 Å². The van der Waals surface area contributed by atoms with E-state index in [0.717, 1.165) is 27.9 Å². The standard InChI is InChI=1S/C18H13BrF2N2O3S/c19-10-1-3-12(4-2-10)23(16(24)5-6-17(25)26)9-15-22-14-8-11(20)7-13(21)18(14)27-15/h1-4,7-8H,5-6,9H2,(H,25,26). The molecule has 140 valence electrons. The average molecular weight is 455 g/mol. The lowest BCUT2D eigenvalue weighted by Crippen LogP contribution is -2.30. The predicted octanol–water partition coefficient (Wildman–Crippen LogP) is 4.74. The molecule has 0 bridgehead atoms. The van der Waals surface area contributed by atoms with Gasteiger partial charge in [-0.1, -0.05) is 15.9 Å². The lowest BCUT2D eigenvalue weighted by Gasteiger charge is -2.21. The van der Waals surface area contributed by atoms with E-state index in [4.69, 9.17) is 5.11 Å². The number of benzene rings is 2. The summed E-state index contributed by atoms with van der Waals surface area (Å²) in [6, 6.07) is 8.83. The highest BCUT2D eigenvalue weighted by Crippen LogP contribution is 2.29. The van der Waals surface area contributed by atoms with Crippen molar-refractivity contribution in [3.05, 3.63) is 57.5 Å². The van der Waals surface area contributed by atoms with E-state index in [1.807, 2.05) is 0 Å². The van der Waals surface area contributed by atoms with Crippen LogP contribution >= 0.6 is 27.3 Å². The zero-order valence-corrected chi connectivity index (χ0v) is 16.2. The highest BCUT2D eigenvalue weighted by atomic mass is 79.9. The van der Waals surface area contributed by atoms with Crippen LogP contribution in [0, 0.1) is 11.6 Å². The van der Waals surface area contributed by atoms with Crippen molar-refractivity contribution in [2.75, 3.05) is 4.90 Å². The number of rotatable bonds is 6. The third kappa shape index (κ3) is 4.67. The van der Waals surface area contributed by atoms with Crippen LogP contribution in [0.1, 0.15) is 17.8 Å². The molecule has 0 radical (unpaired) electrons. The third-order valence-electron chi connectivity index (χ3n) is 3.74. The van der Waals surface area contributed by atoms with E-state index < -0.39 is 23.5 Å². The maximum absolute atomic E-state index is 13.9. The van der Waals surface area contributed by atoms with Crippen molar-refractivity contribution >= 4 is 55.0 Å². The number of hydrogen-bond acceptors (Lipinski definition) is 4. The maximum Gasteiger partial charge on any atom is 0.303 e. The van der Waals surface area contributed by atoms with Crippen molar-refractivity contribution in [1.82, 2.24) is 4.98 Å². The Bertz CT molecular complexity index is 1010. The highest BCUT2D eigenvalue weighted by molar-refractivity contribution is 9.10. The third-order valence-corrected chi connectivity index (χ3v) is 5.33. The number of halogens is 3. The van der Waals surface area contributed by atoms with E-state index in [0.29, 0.717) is 10.7 Å². The van der Waals surface area contributed by atoms with E-state index in [2.05, 4.69) is 20.9 Å². The van der Waals surface area contributed by atoms with Crippen LogP contribution in [-0.4, -0.2) is 22.0 Å². The van der Waals surface area contributed by atoms with Gasteiger partial charge < -0.3 is 10.0 Å². The van der Waals surface area contributed by atoms with Crippen LogP contribution in [0.15, 0.2) is 40.9 Å². The molecule has 3 aromatic rings. The number of carbonyl (C=O) groups excluding carboxylic acids is 1. The Morgan fingerprint density at radius 2 is 1.85 bits per heavy atom. The molecule has 3 rings (SSSR count). The van der Waals surface area contributed by atoms with Gasteiger partial charge in [0.05, 0.1) is 23.2 Å². The zero-order chi connectivity index (χ0) is 19.6. The number of hydrogen-bond donors (Lipinski definition) is 1. The molecule has 5 nitrogen and oxygen atoms in total. The summed E-state index contributed by atoms with van der Waals surface area (Å²) in [7, 11) is 0. The van der Waals surface area contributed by atoms with E-state index in [1.54, 1.807) is 24.3 Å². The largest absolute Gasteiger partial charge is 0.481 e. The second-order valence-electron chi connectivity index (χ2n) is 5.69. The molecule has 0 saturated carbocycles. The molecule has 2 aromatic carbocycles. The fourth-order valence-electron chi connectivity index (χ4n) is 2.50. The number of carbonyl (C=O) groups is 2. The monoisotopic (exact) mass is 454 g/mol. The van der Waals surface area contributed by atoms with Gasteiger partial charge in [-0.05, 0) is 24.3 Å². The van der Waals surface area contributed by atoms with E-state index in [-0.39, 0.29) is 29.6 Å². The minimum Gasteiger partial charge on any atom is -0.481 e. The SMILES string of the molecule is O=C(O)CCC(=O)N(Cc1nc2cc(F)cc(F)c2s1)c1ccc(Br)cc1. The molecule has 0 aliphatic carbocycles. The summed E-state index contributed by atoms with van der Waals surface area (Å²) in [5.41, 5.74) is 0.737. The van der Waals surface area contributed by atoms with Crippen molar-refractivity contribution < 1.29 is 23.5 Å². The van der Waals surface area contributed by atoms with Crippen molar-refractivity contribution in [3.8, 4) is 0 Å². The molecule has 27 heavy (non-hydrogen) atoms. The number of carboxylic acid groups (broad SMARTS) is 1. The van der Waals surface area contributed by atoms with E-state index in [9.17, 15) is 18.4 Å². The predicted molar refractivity (Wildman–Crippen MR) is 102 cm³/mol. The van der Waals surface area contributed by atoms with Crippen molar-refractivity contribution in [2.24, 2.45) is 0 Å². The van der Waals surface area contributed by atoms with Gasteiger partial charge in [0, 0.05) is 28.7 Å². The molecular formula is C18H13BrF2N2O3S. The summed E-state index contributed by atoms with van der Waals surface area (Å²) in [5.74, 6) is -2.90. The highest BCUT2D eigenvalue weighted by Gasteiger charge is 2.20. The number of fused-ring (bicyclic) bond motifs is 1. The first-order chi connectivity index (χ1) is 12.8. The minimum atomic E-state index is -1.07. The number of thiazole rings is 1. The Balaban J connectivity index is 1.93. The number of anilines is 1. The van der Waals surface area contributed by atoms with Gasteiger partial charge in [0.25, 0.3) is 0 Å². The molecule has 0 aliphatic heterocycles. The Kier molecular flexibility index (Phi) is 5.81. The van der Waals surface area contributed by atoms with Crippen LogP contribution in [0.3, 0.4) is 0 Å². The first-order valence-corrected chi connectivity index (χ1v) is 9.46. The molecule has 9 heteroatoms. The second-order valence-corrected chi connectivity index (χ2v) is 7.69. The van der Waals surface area contributed by atoms with Gasteiger partial charge in [0.2, 0.25) is 5.91 Å². The minimum absolute atomic E-state index is 0.0283. The first kappa shape index (κ1) is 19.4. The molecule has 0 fully saturated rings. The van der Waals surface area contributed by atoms with Crippen molar-refractivity contribution in [2.45, 2.75) is 19.4 Å². The molecule has 1 N–H and O–H groups in total.